The van der Waals surface area contributed by atoms with Crippen LogP contribution in [-0.2, 0) is 16.1 Å². The van der Waals surface area contributed by atoms with Crippen molar-refractivity contribution in [3.05, 3.63) is 29.8 Å². The maximum absolute atomic E-state index is 11.7. The fourth-order valence-corrected chi connectivity index (χ4v) is 4.00. The monoisotopic (exact) mass is 327 g/mol. The molecule has 0 bridgehead atoms. The van der Waals surface area contributed by atoms with Crippen molar-refractivity contribution in [1.29, 1.82) is 0 Å². The number of amides is 2. The van der Waals surface area contributed by atoms with Crippen molar-refractivity contribution in [1.82, 2.24) is 9.80 Å². The molecule has 3 aliphatic rings. The van der Waals surface area contributed by atoms with Crippen LogP contribution in [0.1, 0.15) is 44.6 Å². The molecule has 2 saturated heterocycles. The second kappa shape index (κ2) is 6.20. The first-order valence-electron chi connectivity index (χ1n) is 9.04. The Kier molecular flexibility index (Phi) is 4.04. The van der Waals surface area contributed by atoms with Crippen LogP contribution >= 0.6 is 0 Å². The lowest BCUT2D eigenvalue weighted by molar-refractivity contribution is -0.139. The Bertz CT molecular complexity index is 623. The molecule has 0 radical (unpaired) electrons. The lowest BCUT2D eigenvalue weighted by Gasteiger charge is -2.20. The Balaban J connectivity index is 1.34. The van der Waals surface area contributed by atoms with Crippen LogP contribution in [0.15, 0.2) is 24.3 Å². The number of nitrogens with one attached hydrogen (secondary N) is 1. The van der Waals surface area contributed by atoms with Crippen molar-refractivity contribution >= 4 is 17.5 Å². The molecule has 2 heterocycles. The Morgan fingerprint density at radius 1 is 1.08 bits per heavy atom. The highest BCUT2D eigenvalue weighted by atomic mass is 16.2. The van der Waals surface area contributed by atoms with Crippen LogP contribution in [0, 0.1) is 0 Å². The van der Waals surface area contributed by atoms with Crippen molar-refractivity contribution in [3.63, 3.8) is 0 Å². The summed E-state index contributed by atoms with van der Waals surface area (Å²) in [6.07, 6.45) is 4.63. The van der Waals surface area contributed by atoms with Crippen molar-refractivity contribution in [2.45, 2.75) is 63.7 Å². The van der Waals surface area contributed by atoms with Gasteiger partial charge in [-0.15, -0.1) is 0 Å². The number of imide groups is 1. The van der Waals surface area contributed by atoms with Crippen LogP contribution in [0.2, 0.25) is 0 Å². The zero-order chi connectivity index (χ0) is 16.7. The summed E-state index contributed by atoms with van der Waals surface area (Å²) in [6, 6.07) is 10.1. The van der Waals surface area contributed by atoms with E-state index in [0.717, 1.165) is 23.8 Å². The van der Waals surface area contributed by atoms with Gasteiger partial charge in [0.2, 0.25) is 11.8 Å². The summed E-state index contributed by atoms with van der Waals surface area (Å²) in [5, 5.41) is 3.63. The molecule has 1 aromatic rings. The summed E-state index contributed by atoms with van der Waals surface area (Å²) in [5.74, 6) is -0.107. The molecule has 1 aromatic carbocycles. The molecule has 1 aliphatic carbocycles. The molecule has 3 fully saturated rings. The standard InChI is InChI=1S/C19H25N3O2/c1-13-10-16(12-21(13)17-6-7-17)20-15-4-2-14(3-5-15)11-22-18(23)8-9-19(22)24/h2-5,13,16-17,20H,6-12H2,1H3/t13-,16-/m0/s1. The Hall–Kier alpha value is -1.88. The average Bonchev–Trinajstić information content (AvgIpc) is 3.28. The van der Waals surface area contributed by atoms with Crippen LogP contribution in [0.25, 0.3) is 0 Å². The highest BCUT2D eigenvalue weighted by Gasteiger charge is 2.38. The fourth-order valence-electron chi connectivity index (χ4n) is 4.00. The van der Waals surface area contributed by atoms with E-state index in [9.17, 15) is 9.59 Å². The van der Waals surface area contributed by atoms with Gasteiger partial charge in [-0.05, 0) is 43.9 Å². The summed E-state index contributed by atoms with van der Waals surface area (Å²) in [6.45, 7) is 3.85. The lowest BCUT2D eigenvalue weighted by Crippen LogP contribution is -2.31. The van der Waals surface area contributed by atoms with E-state index in [4.69, 9.17) is 0 Å². The maximum Gasteiger partial charge on any atom is 0.229 e. The molecule has 1 saturated carbocycles. The smallest absolute Gasteiger partial charge is 0.229 e. The van der Waals surface area contributed by atoms with Gasteiger partial charge in [0, 0.05) is 43.2 Å². The van der Waals surface area contributed by atoms with Gasteiger partial charge in [-0.1, -0.05) is 12.1 Å². The summed E-state index contributed by atoms with van der Waals surface area (Å²) < 4.78 is 0. The minimum atomic E-state index is -0.0534. The summed E-state index contributed by atoms with van der Waals surface area (Å²) in [7, 11) is 0. The second-order valence-corrected chi connectivity index (χ2v) is 7.42. The molecule has 5 nitrogen and oxygen atoms in total. The Morgan fingerprint density at radius 3 is 2.38 bits per heavy atom. The third-order valence-corrected chi connectivity index (χ3v) is 5.46. The largest absolute Gasteiger partial charge is 0.381 e. The van der Waals surface area contributed by atoms with Gasteiger partial charge in [-0.25, -0.2) is 0 Å². The minimum absolute atomic E-state index is 0.0534. The van der Waals surface area contributed by atoms with Gasteiger partial charge >= 0.3 is 0 Å². The number of carbonyl (C=O) groups is 2. The number of carbonyl (C=O) groups excluding carboxylic acids is 2. The molecular formula is C19H25N3O2. The predicted molar refractivity (Wildman–Crippen MR) is 92.5 cm³/mol. The highest BCUT2D eigenvalue weighted by molar-refractivity contribution is 6.01. The molecule has 0 spiro atoms. The molecule has 128 valence electrons. The molecule has 0 unspecified atom stereocenters. The van der Waals surface area contributed by atoms with Gasteiger partial charge in [-0.3, -0.25) is 19.4 Å². The first-order chi connectivity index (χ1) is 11.6. The number of benzene rings is 1. The molecule has 24 heavy (non-hydrogen) atoms. The number of likely N-dealkylation sites (tertiary alicyclic amines) is 2. The van der Waals surface area contributed by atoms with Gasteiger partial charge in [-0.2, -0.15) is 0 Å². The van der Waals surface area contributed by atoms with E-state index in [1.54, 1.807) is 0 Å². The third-order valence-electron chi connectivity index (χ3n) is 5.46. The highest BCUT2D eigenvalue weighted by Crippen LogP contribution is 2.34. The number of hydrogen-bond acceptors (Lipinski definition) is 4. The van der Waals surface area contributed by atoms with Gasteiger partial charge in [0.05, 0.1) is 6.54 Å². The van der Waals surface area contributed by atoms with Crippen molar-refractivity contribution in [2.75, 3.05) is 11.9 Å². The van der Waals surface area contributed by atoms with Gasteiger partial charge < -0.3 is 5.32 Å². The van der Waals surface area contributed by atoms with E-state index < -0.39 is 0 Å². The van der Waals surface area contributed by atoms with E-state index in [1.165, 1.54) is 24.2 Å². The van der Waals surface area contributed by atoms with E-state index >= 15 is 0 Å². The Labute approximate surface area is 143 Å². The molecule has 2 amide bonds. The first-order valence-corrected chi connectivity index (χ1v) is 9.04. The fraction of sp³-hybridized carbons (Fsp3) is 0.579. The summed E-state index contributed by atoms with van der Waals surface area (Å²) >= 11 is 0. The summed E-state index contributed by atoms with van der Waals surface area (Å²) in [5.41, 5.74) is 2.12. The lowest BCUT2D eigenvalue weighted by atomic mass is 10.1. The quantitative estimate of drug-likeness (QED) is 0.844. The first kappa shape index (κ1) is 15.6. The zero-order valence-electron chi connectivity index (χ0n) is 14.2. The zero-order valence-corrected chi connectivity index (χ0v) is 14.2. The van der Waals surface area contributed by atoms with Crippen molar-refractivity contribution in [2.24, 2.45) is 0 Å². The van der Waals surface area contributed by atoms with Crippen LogP contribution in [-0.4, -0.2) is 46.3 Å². The molecule has 1 N–H and O–H groups in total. The second-order valence-electron chi connectivity index (χ2n) is 7.42. The van der Waals surface area contributed by atoms with E-state index in [2.05, 4.69) is 29.3 Å². The van der Waals surface area contributed by atoms with Gasteiger partial charge in [0.15, 0.2) is 0 Å². The van der Waals surface area contributed by atoms with Crippen molar-refractivity contribution < 1.29 is 9.59 Å². The van der Waals surface area contributed by atoms with Crippen LogP contribution < -0.4 is 5.32 Å². The number of hydrogen-bond donors (Lipinski definition) is 1. The minimum Gasteiger partial charge on any atom is -0.381 e. The van der Waals surface area contributed by atoms with Crippen LogP contribution in [0.5, 0.6) is 0 Å². The maximum atomic E-state index is 11.7. The third kappa shape index (κ3) is 3.18. The normalized spacial score (nSPS) is 28.0. The predicted octanol–water partition coefficient (Wildman–Crippen LogP) is 2.37. The molecule has 2 atom stereocenters. The van der Waals surface area contributed by atoms with E-state index in [1.807, 2.05) is 12.1 Å². The molecule has 2 aliphatic heterocycles. The SMILES string of the molecule is C[C@H]1C[C@H](Nc2ccc(CN3C(=O)CCC3=O)cc2)CN1C1CC1. The molecule has 0 aromatic heterocycles. The van der Waals surface area contributed by atoms with Crippen LogP contribution in [0.4, 0.5) is 5.69 Å². The van der Waals surface area contributed by atoms with E-state index in [0.29, 0.717) is 31.5 Å². The van der Waals surface area contributed by atoms with Crippen LogP contribution in [0.3, 0.4) is 0 Å². The number of rotatable bonds is 5. The summed E-state index contributed by atoms with van der Waals surface area (Å²) in [4.78, 5) is 27.4. The van der Waals surface area contributed by atoms with E-state index in [-0.39, 0.29) is 11.8 Å². The molecule has 5 heteroatoms. The number of anilines is 1. The number of nitrogens with zero attached hydrogens (tertiary/aromatic N) is 2. The molecule has 4 rings (SSSR count). The van der Waals surface area contributed by atoms with Gasteiger partial charge in [0.1, 0.15) is 0 Å². The molecular weight excluding hydrogens is 302 g/mol. The Morgan fingerprint density at radius 2 is 1.75 bits per heavy atom. The van der Waals surface area contributed by atoms with Crippen molar-refractivity contribution in [3.8, 4) is 0 Å². The average molecular weight is 327 g/mol. The van der Waals surface area contributed by atoms with Gasteiger partial charge in [0.25, 0.3) is 0 Å². The topological polar surface area (TPSA) is 52.7 Å².